The van der Waals surface area contributed by atoms with Gasteiger partial charge in [-0.3, -0.25) is 0 Å². The van der Waals surface area contributed by atoms with Crippen molar-refractivity contribution in [3.8, 4) is 0 Å². The van der Waals surface area contributed by atoms with Crippen molar-refractivity contribution >= 4 is 11.8 Å². The van der Waals surface area contributed by atoms with Crippen LogP contribution in [-0.2, 0) is 4.84 Å². The number of allylic oxidation sites excluding steroid dienone is 1. The largest absolute Gasteiger partial charge is 0.394 e. The number of likely N-dealkylation sites (N-methyl/N-ethyl adjacent to an activating group) is 1. The normalized spacial score (nSPS) is 21.0. The Labute approximate surface area is 128 Å². The molecule has 0 N–H and O–H groups in total. The van der Waals surface area contributed by atoms with E-state index in [0.29, 0.717) is 12.6 Å². The Balaban J connectivity index is 2.03. The van der Waals surface area contributed by atoms with Crippen molar-refractivity contribution in [3.63, 3.8) is 0 Å². The second-order valence-electron chi connectivity index (χ2n) is 5.93. The molecule has 1 fully saturated rings. The zero-order valence-corrected chi connectivity index (χ0v) is 13.4. The molecule has 0 radical (unpaired) electrons. The fraction of sp³-hybridized carbons (Fsp3) is 0.500. The molecule has 1 aliphatic carbocycles. The Morgan fingerprint density at radius 2 is 1.90 bits per heavy atom. The van der Waals surface area contributed by atoms with Crippen LogP contribution in [-0.4, -0.2) is 37.4 Å². The first-order valence-electron chi connectivity index (χ1n) is 7.78. The molecule has 1 saturated carbocycles. The number of nitrogens with zero attached hydrogens (tertiary/aromatic N) is 2. The minimum Gasteiger partial charge on any atom is -0.394 e. The molecule has 2 rings (SSSR count). The number of hydrogen-bond donors (Lipinski definition) is 0. The zero-order chi connectivity index (χ0) is 15.1. The lowest BCUT2D eigenvalue weighted by atomic mass is 9.91. The molecule has 1 atom stereocenters. The molecule has 114 valence electrons. The van der Waals surface area contributed by atoms with Crippen molar-refractivity contribution in [1.29, 1.82) is 0 Å². The quantitative estimate of drug-likeness (QED) is 0.765. The van der Waals surface area contributed by atoms with Crippen LogP contribution < -0.4 is 0 Å². The maximum absolute atomic E-state index is 5.57. The van der Waals surface area contributed by atoms with Crippen LogP contribution in [0.4, 0.5) is 0 Å². The molecule has 0 heterocycles. The second kappa shape index (κ2) is 7.99. The van der Waals surface area contributed by atoms with Crippen molar-refractivity contribution in [3.05, 3.63) is 41.5 Å². The number of benzene rings is 1. The third kappa shape index (κ3) is 5.01. The highest BCUT2D eigenvalue weighted by atomic mass is 16.6. The Morgan fingerprint density at radius 1 is 1.19 bits per heavy atom. The fourth-order valence-corrected chi connectivity index (χ4v) is 2.30. The smallest absolute Gasteiger partial charge is 0.132 e. The highest BCUT2D eigenvalue weighted by Gasteiger charge is 2.14. The highest BCUT2D eigenvalue weighted by Crippen LogP contribution is 2.23. The molecule has 21 heavy (non-hydrogen) atoms. The van der Waals surface area contributed by atoms with Gasteiger partial charge in [-0.15, -0.1) is 0 Å². The molecule has 0 saturated heterocycles. The lowest BCUT2D eigenvalue weighted by Gasteiger charge is -2.20. The average molecular weight is 286 g/mol. The van der Waals surface area contributed by atoms with Crippen LogP contribution >= 0.6 is 0 Å². The summed E-state index contributed by atoms with van der Waals surface area (Å²) in [5.41, 5.74) is 3.68. The van der Waals surface area contributed by atoms with Crippen molar-refractivity contribution in [2.75, 3.05) is 20.7 Å². The van der Waals surface area contributed by atoms with E-state index in [-0.39, 0.29) is 0 Å². The molecular weight excluding hydrogens is 260 g/mol. The average Bonchev–Trinajstić information content (AvgIpc) is 2.50. The molecule has 1 aromatic rings. The van der Waals surface area contributed by atoms with Gasteiger partial charge in [-0.2, -0.15) is 0 Å². The minimum absolute atomic E-state index is 0.375. The van der Waals surface area contributed by atoms with Crippen molar-refractivity contribution < 1.29 is 4.84 Å². The first-order chi connectivity index (χ1) is 10.2. The Hall–Kier alpha value is -1.61. The Morgan fingerprint density at radius 3 is 2.62 bits per heavy atom. The maximum Gasteiger partial charge on any atom is 0.132 e. The molecule has 0 aliphatic heterocycles. The van der Waals surface area contributed by atoms with E-state index in [2.05, 4.69) is 61.4 Å². The van der Waals surface area contributed by atoms with E-state index in [1.807, 2.05) is 6.07 Å². The van der Waals surface area contributed by atoms with Crippen molar-refractivity contribution in [2.45, 2.75) is 38.6 Å². The van der Waals surface area contributed by atoms with Crippen LogP contribution in [0.2, 0.25) is 0 Å². The van der Waals surface area contributed by atoms with Crippen LogP contribution in [0, 0.1) is 0 Å². The molecule has 0 spiro atoms. The van der Waals surface area contributed by atoms with E-state index < -0.39 is 0 Å². The van der Waals surface area contributed by atoms with Gasteiger partial charge in [-0.1, -0.05) is 35.5 Å². The molecular formula is C18H26N2O. The summed E-state index contributed by atoms with van der Waals surface area (Å²) in [7, 11) is 4.12. The monoisotopic (exact) mass is 286 g/mol. The third-order valence-electron chi connectivity index (χ3n) is 3.99. The first-order valence-corrected chi connectivity index (χ1v) is 7.78. The van der Waals surface area contributed by atoms with E-state index >= 15 is 0 Å². The molecule has 0 bridgehead atoms. The Bertz CT molecular complexity index is 491. The molecule has 3 nitrogen and oxygen atoms in total. The van der Waals surface area contributed by atoms with E-state index in [4.69, 9.17) is 4.84 Å². The minimum atomic E-state index is 0.375. The SMILES string of the molecule is CC(CO/N=C1\CCCC\C1=C/c1ccccc1)N(C)C. The third-order valence-corrected chi connectivity index (χ3v) is 3.99. The number of rotatable bonds is 5. The predicted octanol–water partition coefficient (Wildman–Crippen LogP) is 3.97. The van der Waals surface area contributed by atoms with E-state index in [0.717, 1.165) is 18.6 Å². The standard InChI is InChI=1S/C18H26N2O/c1-15(20(2)3)14-21-19-18-12-8-7-11-17(18)13-16-9-5-4-6-10-16/h4-6,9-10,13,15H,7-8,11-12,14H2,1-3H3/b17-13+,19-18+. The fourth-order valence-electron chi connectivity index (χ4n) is 2.30. The van der Waals surface area contributed by atoms with Gasteiger partial charge < -0.3 is 9.74 Å². The van der Waals surface area contributed by atoms with Gasteiger partial charge in [-0.05, 0) is 63.9 Å². The predicted molar refractivity (Wildman–Crippen MR) is 89.4 cm³/mol. The van der Waals surface area contributed by atoms with Gasteiger partial charge >= 0.3 is 0 Å². The van der Waals surface area contributed by atoms with Crippen LogP contribution in [0.5, 0.6) is 0 Å². The van der Waals surface area contributed by atoms with Crippen LogP contribution in [0.15, 0.2) is 41.1 Å². The number of hydrogen-bond acceptors (Lipinski definition) is 3. The highest BCUT2D eigenvalue weighted by molar-refractivity contribution is 6.03. The van der Waals surface area contributed by atoms with Gasteiger partial charge in [0.25, 0.3) is 0 Å². The van der Waals surface area contributed by atoms with Gasteiger partial charge in [0.1, 0.15) is 6.61 Å². The van der Waals surface area contributed by atoms with Crippen LogP contribution in [0.25, 0.3) is 6.08 Å². The Kier molecular flexibility index (Phi) is 6.00. The van der Waals surface area contributed by atoms with E-state index in [9.17, 15) is 0 Å². The van der Waals surface area contributed by atoms with E-state index in [1.165, 1.54) is 24.0 Å². The van der Waals surface area contributed by atoms with Gasteiger partial charge in [0.2, 0.25) is 0 Å². The zero-order valence-electron chi connectivity index (χ0n) is 13.4. The lowest BCUT2D eigenvalue weighted by Crippen LogP contribution is -2.28. The van der Waals surface area contributed by atoms with Gasteiger partial charge in [0.05, 0.1) is 5.71 Å². The number of oxime groups is 1. The topological polar surface area (TPSA) is 24.8 Å². The summed E-state index contributed by atoms with van der Waals surface area (Å²) in [5.74, 6) is 0. The first kappa shape index (κ1) is 15.8. The summed E-state index contributed by atoms with van der Waals surface area (Å²) in [4.78, 5) is 7.71. The van der Waals surface area contributed by atoms with E-state index in [1.54, 1.807) is 0 Å². The summed E-state index contributed by atoms with van der Waals surface area (Å²) < 4.78 is 0. The molecule has 1 aromatic carbocycles. The van der Waals surface area contributed by atoms with Crippen molar-refractivity contribution in [2.24, 2.45) is 5.16 Å². The van der Waals surface area contributed by atoms with Crippen LogP contribution in [0.1, 0.15) is 38.2 Å². The van der Waals surface area contributed by atoms with Gasteiger partial charge in [0.15, 0.2) is 0 Å². The second-order valence-corrected chi connectivity index (χ2v) is 5.93. The molecule has 3 heteroatoms. The van der Waals surface area contributed by atoms with Gasteiger partial charge in [0, 0.05) is 6.04 Å². The summed E-state index contributed by atoms with van der Waals surface area (Å²) in [6.07, 6.45) is 6.81. The van der Waals surface area contributed by atoms with Gasteiger partial charge in [-0.25, -0.2) is 0 Å². The van der Waals surface area contributed by atoms with Crippen molar-refractivity contribution in [1.82, 2.24) is 4.90 Å². The summed E-state index contributed by atoms with van der Waals surface area (Å²) >= 11 is 0. The summed E-state index contributed by atoms with van der Waals surface area (Å²) in [5, 5.41) is 4.40. The summed E-state index contributed by atoms with van der Waals surface area (Å²) in [6, 6.07) is 10.8. The lowest BCUT2D eigenvalue weighted by molar-refractivity contribution is 0.0914. The molecule has 0 amide bonds. The molecule has 1 unspecified atom stereocenters. The van der Waals surface area contributed by atoms with Crippen LogP contribution in [0.3, 0.4) is 0 Å². The molecule has 0 aromatic heterocycles. The maximum atomic E-state index is 5.57. The summed E-state index contributed by atoms with van der Waals surface area (Å²) in [6.45, 7) is 2.77. The molecule has 1 aliphatic rings.